The highest BCUT2D eigenvalue weighted by Crippen LogP contribution is 2.39. The van der Waals surface area contributed by atoms with Crippen LogP contribution in [0, 0.1) is 5.41 Å². The first-order valence-electron chi connectivity index (χ1n) is 13.4. The Bertz CT molecular complexity index is 1430. The van der Waals surface area contributed by atoms with Crippen molar-refractivity contribution in [3.05, 3.63) is 65.7 Å². The summed E-state index contributed by atoms with van der Waals surface area (Å²) in [7, 11) is 1.53. The predicted molar refractivity (Wildman–Crippen MR) is 148 cm³/mol. The molecule has 2 aliphatic rings. The molecule has 230 valence electrons. The van der Waals surface area contributed by atoms with Crippen LogP contribution in [0.1, 0.15) is 31.4 Å². The molecule has 43 heavy (non-hydrogen) atoms. The summed E-state index contributed by atoms with van der Waals surface area (Å²) in [6, 6.07) is 12.1. The van der Waals surface area contributed by atoms with Gasteiger partial charge in [-0.2, -0.15) is 18.3 Å². The molecule has 0 bridgehead atoms. The summed E-state index contributed by atoms with van der Waals surface area (Å²) in [6.07, 6.45) is -5.47. The van der Waals surface area contributed by atoms with Crippen LogP contribution < -0.4 is 15.8 Å². The number of likely N-dealkylation sites (tertiary alicyclic amines) is 1. The lowest BCUT2D eigenvalue weighted by molar-refractivity contribution is -0.146. The van der Waals surface area contributed by atoms with Crippen LogP contribution in [0.25, 0.3) is 0 Å². The van der Waals surface area contributed by atoms with Gasteiger partial charge in [0.05, 0.1) is 11.3 Å². The van der Waals surface area contributed by atoms with Crippen molar-refractivity contribution >= 4 is 29.5 Å². The molecule has 2 aliphatic heterocycles. The first kappa shape index (κ1) is 31.3. The zero-order valence-corrected chi connectivity index (χ0v) is 23.8. The molecule has 0 radical (unpaired) electrons. The van der Waals surface area contributed by atoms with E-state index in [9.17, 15) is 32.3 Å². The molecule has 1 saturated heterocycles. The van der Waals surface area contributed by atoms with Crippen molar-refractivity contribution in [3.8, 4) is 5.75 Å². The second-order valence-corrected chi connectivity index (χ2v) is 10.9. The van der Waals surface area contributed by atoms with E-state index in [0.29, 0.717) is 5.71 Å². The van der Waals surface area contributed by atoms with Crippen molar-refractivity contribution in [3.63, 3.8) is 0 Å². The van der Waals surface area contributed by atoms with Gasteiger partial charge in [0.15, 0.2) is 5.60 Å². The van der Waals surface area contributed by atoms with Crippen LogP contribution in [0.2, 0.25) is 0 Å². The van der Waals surface area contributed by atoms with Crippen LogP contribution in [0.5, 0.6) is 5.75 Å². The zero-order valence-electron chi connectivity index (χ0n) is 23.8. The summed E-state index contributed by atoms with van der Waals surface area (Å²) >= 11 is 0. The maximum absolute atomic E-state index is 14.0. The summed E-state index contributed by atoms with van der Waals surface area (Å²) in [5.41, 5.74) is 2.47. The third kappa shape index (κ3) is 6.73. The van der Waals surface area contributed by atoms with Crippen molar-refractivity contribution < 1.29 is 41.8 Å². The molecule has 2 heterocycles. The molecule has 11 nitrogen and oxygen atoms in total. The van der Waals surface area contributed by atoms with Gasteiger partial charge in [-0.1, -0.05) is 42.5 Å². The van der Waals surface area contributed by atoms with E-state index in [1.165, 1.54) is 42.9 Å². The number of halogens is 3. The number of ether oxygens (including phenoxy) is 2. The maximum Gasteiger partial charge on any atom is 0.419 e. The zero-order chi connectivity index (χ0) is 31.6. The number of nitrogens with one attached hydrogen (secondary N) is 1. The third-order valence-corrected chi connectivity index (χ3v) is 7.37. The quantitative estimate of drug-likeness (QED) is 0.451. The molecule has 0 spiro atoms. The number of para-hydroxylation sites is 1. The molecule has 2 aromatic carbocycles. The maximum atomic E-state index is 14.0. The monoisotopic (exact) mass is 603 g/mol. The molecule has 1 fully saturated rings. The van der Waals surface area contributed by atoms with Gasteiger partial charge in [0.25, 0.3) is 11.8 Å². The summed E-state index contributed by atoms with van der Waals surface area (Å²) in [6.45, 7) is 1.82. The highest BCUT2D eigenvalue weighted by atomic mass is 19.4. The summed E-state index contributed by atoms with van der Waals surface area (Å²) < 4.78 is 51.1. The molecular formula is C29H32F3N5O6. The number of nitrogens with zero attached hydrogens (tertiary/aromatic N) is 3. The Balaban J connectivity index is 1.63. The van der Waals surface area contributed by atoms with Crippen LogP contribution in [-0.2, 0) is 31.7 Å². The van der Waals surface area contributed by atoms with Gasteiger partial charge < -0.3 is 25.4 Å². The topological polar surface area (TPSA) is 144 Å². The second kappa shape index (κ2) is 11.9. The molecule has 0 aromatic heterocycles. The smallest absolute Gasteiger partial charge is 0.419 e. The Morgan fingerprint density at radius 3 is 2.40 bits per heavy atom. The Labute approximate surface area is 245 Å². The minimum atomic E-state index is -4.74. The number of nitrogens with two attached hydrogens (primary N) is 1. The summed E-state index contributed by atoms with van der Waals surface area (Å²) in [4.78, 5) is 53.2. The van der Waals surface area contributed by atoms with Crippen LogP contribution in [-0.4, -0.2) is 77.8 Å². The lowest BCUT2D eigenvalue weighted by Gasteiger charge is -2.40. The van der Waals surface area contributed by atoms with Crippen LogP contribution in [0.4, 0.5) is 18.0 Å². The lowest BCUT2D eigenvalue weighted by Crippen LogP contribution is -2.61. The Hall–Kier alpha value is -4.62. The van der Waals surface area contributed by atoms with E-state index in [2.05, 4.69) is 10.4 Å². The molecule has 2 aromatic rings. The predicted octanol–water partition coefficient (Wildman–Crippen LogP) is 2.73. The van der Waals surface area contributed by atoms with Crippen LogP contribution in [0.3, 0.4) is 0 Å². The van der Waals surface area contributed by atoms with Gasteiger partial charge >= 0.3 is 12.3 Å². The molecule has 4 rings (SSSR count). The van der Waals surface area contributed by atoms with Crippen molar-refractivity contribution in [2.45, 2.75) is 44.5 Å². The number of fused-ring (bicyclic) bond motifs is 1. The van der Waals surface area contributed by atoms with E-state index in [4.69, 9.17) is 15.2 Å². The molecule has 3 N–H and O–H groups in total. The lowest BCUT2D eigenvalue weighted by atomic mass is 9.73. The molecule has 4 amide bonds. The number of hydrogen-bond acceptors (Lipinski definition) is 7. The van der Waals surface area contributed by atoms with Crippen molar-refractivity contribution in [1.82, 2.24) is 15.2 Å². The molecule has 2 atom stereocenters. The Morgan fingerprint density at radius 1 is 1.09 bits per heavy atom. The number of primary amides is 1. The van der Waals surface area contributed by atoms with E-state index in [1.807, 2.05) is 30.3 Å². The molecular weight excluding hydrogens is 571 g/mol. The average Bonchev–Trinajstić information content (AvgIpc) is 3.18. The minimum absolute atomic E-state index is 0.0879. The normalized spacial score (nSPS) is 19.3. The number of carbonyl (C=O) groups excluding carboxylic acids is 4. The molecule has 14 heteroatoms. The van der Waals surface area contributed by atoms with E-state index in [-0.39, 0.29) is 31.8 Å². The minimum Gasteiger partial charge on any atom is -0.490 e. The van der Waals surface area contributed by atoms with Gasteiger partial charge in [0, 0.05) is 26.6 Å². The summed E-state index contributed by atoms with van der Waals surface area (Å²) in [5, 5.41) is 8.09. The van der Waals surface area contributed by atoms with E-state index in [0.717, 1.165) is 17.7 Å². The number of alkyl halides is 3. The standard InChI is InChI=1S/C29H32F3N5O6/c1-27(2,43-26(33)41)24(39)34-20(16-42-21-12-8-7-11-19(21)29(30,31)32)23(38)37-14-13-22-28(17-37,25(40)36(3)35-22)15-18-9-5-4-6-10-18/h4-12,20H,13-17H2,1-3H3,(H2,33,41)(H,34,39)/t20-,28-/m1/s1. The molecule has 0 unspecified atom stereocenters. The number of amides is 4. The Morgan fingerprint density at radius 2 is 1.74 bits per heavy atom. The van der Waals surface area contributed by atoms with Crippen LogP contribution >= 0.6 is 0 Å². The van der Waals surface area contributed by atoms with Gasteiger partial charge in [0.2, 0.25) is 5.91 Å². The van der Waals surface area contributed by atoms with Crippen molar-refractivity contribution in [1.29, 1.82) is 0 Å². The van der Waals surface area contributed by atoms with Crippen LogP contribution in [0.15, 0.2) is 59.7 Å². The van der Waals surface area contributed by atoms with Gasteiger partial charge in [-0.25, -0.2) is 9.80 Å². The fourth-order valence-corrected chi connectivity index (χ4v) is 5.24. The number of rotatable bonds is 9. The van der Waals surface area contributed by atoms with Crippen molar-refractivity contribution in [2.75, 3.05) is 26.7 Å². The Kier molecular flexibility index (Phi) is 8.69. The summed E-state index contributed by atoms with van der Waals surface area (Å²) in [5.74, 6) is -2.50. The van der Waals surface area contributed by atoms with E-state index >= 15 is 0 Å². The fraction of sp³-hybridized carbons (Fsp3) is 0.414. The first-order chi connectivity index (χ1) is 20.1. The first-order valence-corrected chi connectivity index (χ1v) is 13.4. The number of benzene rings is 2. The van der Waals surface area contributed by atoms with E-state index in [1.54, 1.807) is 0 Å². The highest BCUT2D eigenvalue weighted by molar-refractivity contribution is 6.13. The highest BCUT2D eigenvalue weighted by Gasteiger charge is 2.54. The molecule has 0 saturated carbocycles. The average molecular weight is 604 g/mol. The number of piperidine rings is 1. The number of hydrazone groups is 1. The number of hydrogen-bond donors (Lipinski definition) is 2. The van der Waals surface area contributed by atoms with Gasteiger partial charge in [-0.05, 0) is 38.0 Å². The van der Waals surface area contributed by atoms with E-state index < -0.39 is 59.1 Å². The fourth-order valence-electron chi connectivity index (χ4n) is 5.24. The SMILES string of the molecule is CN1N=C2CCN(C(=O)[C@@H](COc3ccccc3C(F)(F)F)NC(=O)C(C)(C)OC(N)=O)C[C@@]2(Cc2ccccc2)C1=O. The van der Waals surface area contributed by atoms with Gasteiger partial charge in [-0.15, -0.1) is 0 Å². The van der Waals surface area contributed by atoms with Gasteiger partial charge in [0.1, 0.15) is 23.8 Å². The largest absolute Gasteiger partial charge is 0.490 e. The molecule has 0 aliphatic carbocycles. The third-order valence-electron chi connectivity index (χ3n) is 7.37. The van der Waals surface area contributed by atoms with Gasteiger partial charge in [-0.3, -0.25) is 14.4 Å². The number of carbonyl (C=O) groups is 4. The van der Waals surface area contributed by atoms with Crippen molar-refractivity contribution in [2.24, 2.45) is 16.3 Å². The second-order valence-electron chi connectivity index (χ2n) is 10.9.